The van der Waals surface area contributed by atoms with Gasteiger partial charge in [0.25, 0.3) is 11.1 Å². The first-order valence-corrected chi connectivity index (χ1v) is 8.13. The average Bonchev–Trinajstić information content (AvgIpc) is 2.92. The number of carbonyl (C=O) groups excluding carboxylic acids is 2. The summed E-state index contributed by atoms with van der Waals surface area (Å²) in [4.78, 5) is 23.1. The Kier molecular flexibility index (Phi) is 4.82. The first-order valence-electron chi connectivity index (χ1n) is 7.31. The van der Waals surface area contributed by atoms with Crippen LogP contribution in [0.5, 0.6) is 5.75 Å². The maximum Gasteiger partial charge on any atom is 0.290 e. The second kappa shape index (κ2) is 7.19. The Labute approximate surface area is 144 Å². The van der Waals surface area contributed by atoms with Crippen molar-refractivity contribution in [3.8, 4) is 5.75 Å². The summed E-state index contributed by atoms with van der Waals surface area (Å²) < 4.78 is 5.13. The van der Waals surface area contributed by atoms with Crippen molar-refractivity contribution >= 4 is 41.1 Å². The Balaban J connectivity index is 1.70. The molecular weight excluding hydrogens is 322 g/mol. The number of carbonyl (C=O) groups is 2. The quantitative estimate of drug-likeness (QED) is 0.671. The summed E-state index contributed by atoms with van der Waals surface area (Å²) in [5, 5.41) is 1.91. The van der Waals surface area contributed by atoms with Crippen LogP contribution in [-0.4, -0.2) is 18.3 Å². The molecule has 1 N–H and O–H groups in total. The van der Waals surface area contributed by atoms with Crippen LogP contribution in [0.1, 0.15) is 16.7 Å². The smallest absolute Gasteiger partial charge is 0.290 e. The summed E-state index contributed by atoms with van der Waals surface area (Å²) in [6.07, 6.45) is 5.74. The van der Waals surface area contributed by atoms with E-state index in [1.165, 1.54) is 0 Å². The fraction of sp³-hybridized carbons (Fsp3) is 0.0526. The highest BCUT2D eigenvalue weighted by molar-refractivity contribution is 8.18. The average molecular weight is 337 g/mol. The molecule has 1 fully saturated rings. The molecule has 3 rings (SSSR count). The van der Waals surface area contributed by atoms with Crippen LogP contribution in [0.2, 0.25) is 0 Å². The van der Waals surface area contributed by atoms with Gasteiger partial charge in [-0.2, -0.15) is 0 Å². The Hall–Kier alpha value is -2.79. The molecule has 0 aliphatic carbocycles. The molecular formula is C19H15NO3S. The minimum Gasteiger partial charge on any atom is -0.497 e. The van der Waals surface area contributed by atoms with Gasteiger partial charge in [-0.15, -0.1) is 0 Å². The van der Waals surface area contributed by atoms with Gasteiger partial charge in [0.15, 0.2) is 0 Å². The highest BCUT2D eigenvalue weighted by Crippen LogP contribution is 2.25. The summed E-state index contributed by atoms with van der Waals surface area (Å²) in [6, 6.07) is 15.6. The molecule has 120 valence electrons. The lowest BCUT2D eigenvalue weighted by molar-refractivity contribution is -0.115. The maximum atomic E-state index is 11.5. The fourth-order valence-corrected chi connectivity index (χ4v) is 2.87. The van der Waals surface area contributed by atoms with Crippen LogP contribution in [0, 0.1) is 0 Å². The van der Waals surface area contributed by atoms with Crippen molar-refractivity contribution in [2.75, 3.05) is 7.11 Å². The zero-order chi connectivity index (χ0) is 16.9. The molecule has 1 heterocycles. The number of thioether (sulfide) groups is 1. The molecule has 2 aromatic carbocycles. The van der Waals surface area contributed by atoms with Gasteiger partial charge in [0.05, 0.1) is 12.0 Å². The van der Waals surface area contributed by atoms with E-state index in [2.05, 4.69) is 5.32 Å². The summed E-state index contributed by atoms with van der Waals surface area (Å²) in [6.45, 7) is 0. The van der Waals surface area contributed by atoms with Crippen molar-refractivity contribution in [1.82, 2.24) is 5.32 Å². The first kappa shape index (κ1) is 16.1. The van der Waals surface area contributed by atoms with Crippen molar-refractivity contribution in [1.29, 1.82) is 0 Å². The van der Waals surface area contributed by atoms with Crippen molar-refractivity contribution in [3.05, 3.63) is 70.1 Å². The van der Waals surface area contributed by atoms with E-state index in [-0.39, 0.29) is 11.1 Å². The van der Waals surface area contributed by atoms with E-state index >= 15 is 0 Å². The van der Waals surface area contributed by atoms with E-state index in [0.29, 0.717) is 4.91 Å². The zero-order valence-electron chi connectivity index (χ0n) is 13.0. The first-order chi connectivity index (χ1) is 11.6. The van der Waals surface area contributed by atoms with Crippen molar-refractivity contribution in [2.24, 2.45) is 0 Å². The van der Waals surface area contributed by atoms with Crippen LogP contribution in [-0.2, 0) is 4.79 Å². The van der Waals surface area contributed by atoms with Gasteiger partial charge in [0, 0.05) is 0 Å². The molecule has 0 radical (unpaired) electrons. The number of amides is 2. The molecule has 0 unspecified atom stereocenters. The van der Waals surface area contributed by atoms with Crippen LogP contribution in [0.3, 0.4) is 0 Å². The molecule has 0 spiro atoms. The van der Waals surface area contributed by atoms with Crippen LogP contribution in [0.15, 0.2) is 53.4 Å². The highest BCUT2D eigenvalue weighted by Gasteiger charge is 2.24. The Morgan fingerprint density at radius 3 is 1.92 bits per heavy atom. The lowest BCUT2D eigenvalue weighted by atomic mass is 10.1. The molecule has 24 heavy (non-hydrogen) atoms. The van der Waals surface area contributed by atoms with Crippen LogP contribution < -0.4 is 10.1 Å². The minimum absolute atomic E-state index is 0.328. The third-order valence-electron chi connectivity index (χ3n) is 3.46. The molecule has 0 saturated carbocycles. The molecule has 2 aromatic rings. The summed E-state index contributed by atoms with van der Waals surface area (Å²) in [5.74, 6) is 0.491. The predicted octanol–water partition coefficient (Wildman–Crippen LogP) is 4.19. The standard InChI is InChI=1S/C19H15NO3S/c1-23-16-10-8-14(9-11-16)3-2-13-4-6-15(7-5-13)12-17-18(21)20-19(22)24-17/h2-12H,1H3,(H,20,21,22)/b3-2+,17-12-. The number of benzene rings is 2. The normalized spacial score (nSPS) is 16.0. The molecule has 0 bridgehead atoms. The zero-order valence-corrected chi connectivity index (χ0v) is 13.8. The fourth-order valence-electron chi connectivity index (χ4n) is 2.18. The number of hydrogen-bond donors (Lipinski definition) is 1. The lowest BCUT2D eigenvalue weighted by Crippen LogP contribution is -2.17. The Bertz CT molecular complexity index is 821. The minimum atomic E-state index is -0.339. The van der Waals surface area contributed by atoms with Gasteiger partial charge in [-0.25, -0.2) is 0 Å². The Morgan fingerprint density at radius 1 is 0.875 bits per heavy atom. The number of hydrogen-bond acceptors (Lipinski definition) is 4. The molecule has 0 aromatic heterocycles. The lowest BCUT2D eigenvalue weighted by Gasteiger charge is -2.00. The maximum absolute atomic E-state index is 11.5. The number of imide groups is 1. The monoisotopic (exact) mass is 337 g/mol. The number of ether oxygens (including phenoxy) is 1. The third kappa shape index (κ3) is 3.94. The van der Waals surface area contributed by atoms with Gasteiger partial charge < -0.3 is 4.74 Å². The summed E-state index contributed by atoms with van der Waals surface area (Å²) in [5.41, 5.74) is 3.01. The molecule has 1 saturated heterocycles. The van der Waals surface area contributed by atoms with E-state index in [1.807, 2.05) is 60.7 Å². The van der Waals surface area contributed by atoms with E-state index in [9.17, 15) is 9.59 Å². The van der Waals surface area contributed by atoms with Crippen molar-refractivity contribution in [3.63, 3.8) is 0 Å². The third-order valence-corrected chi connectivity index (χ3v) is 4.27. The van der Waals surface area contributed by atoms with Crippen molar-refractivity contribution < 1.29 is 14.3 Å². The number of nitrogens with one attached hydrogen (secondary N) is 1. The highest BCUT2D eigenvalue weighted by atomic mass is 32.2. The number of rotatable bonds is 4. The van der Waals surface area contributed by atoms with E-state index in [1.54, 1.807) is 13.2 Å². The van der Waals surface area contributed by atoms with E-state index in [0.717, 1.165) is 34.2 Å². The molecule has 0 atom stereocenters. The molecule has 2 amide bonds. The molecule has 4 nitrogen and oxygen atoms in total. The summed E-state index contributed by atoms with van der Waals surface area (Å²) in [7, 11) is 1.64. The van der Waals surface area contributed by atoms with Gasteiger partial charge in [-0.3, -0.25) is 14.9 Å². The van der Waals surface area contributed by atoms with Gasteiger partial charge in [-0.05, 0) is 46.7 Å². The van der Waals surface area contributed by atoms with Crippen LogP contribution >= 0.6 is 11.8 Å². The van der Waals surface area contributed by atoms with Crippen LogP contribution in [0.4, 0.5) is 4.79 Å². The largest absolute Gasteiger partial charge is 0.497 e. The van der Waals surface area contributed by atoms with Gasteiger partial charge in [0.1, 0.15) is 5.75 Å². The topological polar surface area (TPSA) is 55.4 Å². The predicted molar refractivity (Wildman–Crippen MR) is 97.5 cm³/mol. The Morgan fingerprint density at radius 2 is 1.42 bits per heavy atom. The van der Waals surface area contributed by atoms with Gasteiger partial charge in [0.2, 0.25) is 0 Å². The molecule has 1 aliphatic rings. The second-order valence-corrected chi connectivity index (χ2v) is 6.14. The molecule has 5 heteroatoms. The molecule has 1 aliphatic heterocycles. The van der Waals surface area contributed by atoms with Gasteiger partial charge in [-0.1, -0.05) is 48.6 Å². The van der Waals surface area contributed by atoms with Gasteiger partial charge >= 0.3 is 0 Å². The number of methoxy groups -OCH3 is 1. The van der Waals surface area contributed by atoms with Crippen LogP contribution in [0.25, 0.3) is 18.2 Å². The summed E-state index contributed by atoms with van der Waals surface area (Å²) >= 11 is 0.921. The SMILES string of the molecule is COc1ccc(/C=C/c2ccc(/C=C3\SC(=O)NC3=O)cc2)cc1. The second-order valence-electron chi connectivity index (χ2n) is 5.13. The van der Waals surface area contributed by atoms with E-state index < -0.39 is 0 Å². The van der Waals surface area contributed by atoms with Crippen molar-refractivity contribution in [2.45, 2.75) is 0 Å². The van der Waals surface area contributed by atoms with E-state index in [4.69, 9.17) is 4.74 Å².